The summed E-state index contributed by atoms with van der Waals surface area (Å²) in [6, 6.07) is 10.1. The summed E-state index contributed by atoms with van der Waals surface area (Å²) < 4.78 is 10.9. The summed E-state index contributed by atoms with van der Waals surface area (Å²) >= 11 is 0. The van der Waals surface area contributed by atoms with Crippen LogP contribution in [0.25, 0.3) is 11.0 Å². The van der Waals surface area contributed by atoms with Crippen LogP contribution in [0.1, 0.15) is 37.2 Å². The third-order valence-corrected chi connectivity index (χ3v) is 4.29. The molecule has 4 nitrogen and oxygen atoms in total. The summed E-state index contributed by atoms with van der Waals surface area (Å²) in [7, 11) is 0. The fourth-order valence-electron chi connectivity index (χ4n) is 2.87. The molecule has 3 rings (SSSR count). The van der Waals surface area contributed by atoms with Gasteiger partial charge in [-0.15, -0.1) is 0 Å². The Morgan fingerprint density at radius 1 is 1.25 bits per heavy atom. The Labute approximate surface area is 141 Å². The van der Waals surface area contributed by atoms with Gasteiger partial charge in [-0.1, -0.05) is 19.1 Å². The molecule has 0 saturated heterocycles. The Bertz CT molecular complexity index is 802. The van der Waals surface area contributed by atoms with E-state index in [1.165, 1.54) is 5.56 Å². The van der Waals surface area contributed by atoms with Crippen LogP contribution in [0.5, 0.6) is 0 Å². The number of benzene rings is 1. The molecule has 4 heteroatoms. The molecule has 0 radical (unpaired) electrons. The van der Waals surface area contributed by atoms with Crippen LogP contribution in [0.15, 0.2) is 51.7 Å². The first-order chi connectivity index (χ1) is 11.7. The number of hydrogen-bond donors (Lipinski definition) is 1. The topological polar surface area (TPSA) is 55.4 Å². The Hall–Kier alpha value is -2.49. The summed E-state index contributed by atoms with van der Waals surface area (Å²) in [6.45, 7) is 4.13. The van der Waals surface area contributed by atoms with E-state index in [9.17, 15) is 4.79 Å². The monoisotopic (exact) mass is 325 g/mol. The molecule has 0 aliphatic rings. The van der Waals surface area contributed by atoms with E-state index in [0.29, 0.717) is 6.42 Å². The van der Waals surface area contributed by atoms with Gasteiger partial charge in [0.15, 0.2) is 0 Å². The van der Waals surface area contributed by atoms with E-state index in [2.05, 4.69) is 18.3 Å². The lowest BCUT2D eigenvalue weighted by molar-refractivity contribution is -0.121. The molecule has 0 spiro atoms. The molecular formula is C20H23NO3. The van der Waals surface area contributed by atoms with Crippen molar-refractivity contribution in [3.05, 3.63) is 59.7 Å². The van der Waals surface area contributed by atoms with Crippen molar-refractivity contribution in [2.24, 2.45) is 0 Å². The summed E-state index contributed by atoms with van der Waals surface area (Å²) in [5, 5.41) is 4.06. The van der Waals surface area contributed by atoms with Crippen LogP contribution in [0, 0.1) is 0 Å². The SMILES string of the molecule is CCc1ccc2c(CC(=O)NC(C)CCc3ccco3)coc2c1. The number of hydrogen-bond acceptors (Lipinski definition) is 3. The zero-order valence-electron chi connectivity index (χ0n) is 14.2. The van der Waals surface area contributed by atoms with Gasteiger partial charge in [-0.2, -0.15) is 0 Å². The predicted molar refractivity (Wildman–Crippen MR) is 93.9 cm³/mol. The number of carbonyl (C=O) groups is 1. The molecule has 0 saturated carbocycles. The molecular weight excluding hydrogens is 302 g/mol. The predicted octanol–water partition coefficient (Wildman–Crippen LogP) is 4.27. The largest absolute Gasteiger partial charge is 0.469 e. The summed E-state index contributed by atoms with van der Waals surface area (Å²) in [5.74, 6) is 0.966. The van der Waals surface area contributed by atoms with E-state index >= 15 is 0 Å². The fourth-order valence-corrected chi connectivity index (χ4v) is 2.87. The second-order valence-corrected chi connectivity index (χ2v) is 6.21. The minimum atomic E-state index is 0.0178. The van der Waals surface area contributed by atoms with Crippen molar-refractivity contribution < 1.29 is 13.6 Å². The standard InChI is InChI=1S/C20H23NO3/c1-3-15-7-9-18-16(13-24-19(18)11-15)12-20(22)21-14(2)6-8-17-5-4-10-23-17/h4-5,7,9-11,13-14H,3,6,8,12H2,1-2H3,(H,21,22). The van der Waals surface area contributed by atoms with E-state index in [1.54, 1.807) is 12.5 Å². The Kier molecular flexibility index (Phi) is 5.04. The highest BCUT2D eigenvalue weighted by Crippen LogP contribution is 2.23. The maximum atomic E-state index is 12.3. The summed E-state index contributed by atoms with van der Waals surface area (Å²) in [4.78, 5) is 12.3. The molecule has 0 fully saturated rings. The number of furan rings is 2. The van der Waals surface area contributed by atoms with E-state index in [0.717, 1.165) is 41.6 Å². The molecule has 1 amide bonds. The molecule has 2 aromatic heterocycles. The lowest BCUT2D eigenvalue weighted by atomic mass is 10.1. The van der Waals surface area contributed by atoms with Gasteiger partial charge in [-0.25, -0.2) is 0 Å². The smallest absolute Gasteiger partial charge is 0.224 e. The van der Waals surface area contributed by atoms with Gasteiger partial charge < -0.3 is 14.2 Å². The second kappa shape index (κ2) is 7.39. The highest BCUT2D eigenvalue weighted by molar-refractivity contribution is 5.88. The van der Waals surface area contributed by atoms with Gasteiger partial charge in [0.1, 0.15) is 11.3 Å². The van der Waals surface area contributed by atoms with Gasteiger partial charge in [-0.05, 0) is 43.5 Å². The molecule has 1 aromatic carbocycles. The minimum absolute atomic E-state index is 0.0178. The molecule has 0 bridgehead atoms. The third-order valence-electron chi connectivity index (χ3n) is 4.29. The minimum Gasteiger partial charge on any atom is -0.469 e. The lowest BCUT2D eigenvalue weighted by Crippen LogP contribution is -2.33. The van der Waals surface area contributed by atoms with Crippen LogP contribution in [-0.2, 0) is 24.1 Å². The van der Waals surface area contributed by atoms with E-state index in [-0.39, 0.29) is 11.9 Å². The van der Waals surface area contributed by atoms with Crippen LogP contribution in [0.4, 0.5) is 0 Å². The molecule has 0 aliphatic heterocycles. The Morgan fingerprint density at radius 2 is 2.12 bits per heavy atom. The van der Waals surface area contributed by atoms with Gasteiger partial charge in [0.05, 0.1) is 18.9 Å². The van der Waals surface area contributed by atoms with Crippen LogP contribution >= 0.6 is 0 Å². The molecule has 24 heavy (non-hydrogen) atoms. The lowest BCUT2D eigenvalue weighted by Gasteiger charge is -2.12. The number of carbonyl (C=O) groups excluding carboxylic acids is 1. The molecule has 0 aliphatic carbocycles. The zero-order chi connectivity index (χ0) is 16.9. The molecule has 1 unspecified atom stereocenters. The average molecular weight is 325 g/mol. The first-order valence-electron chi connectivity index (χ1n) is 8.46. The number of aryl methyl sites for hydroxylation is 2. The molecule has 3 aromatic rings. The summed E-state index contributed by atoms with van der Waals surface area (Å²) in [6.07, 6.45) is 6.35. The zero-order valence-corrected chi connectivity index (χ0v) is 14.2. The molecule has 1 atom stereocenters. The fraction of sp³-hybridized carbons (Fsp3) is 0.350. The van der Waals surface area contributed by atoms with Gasteiger partial charge in [0.25, 0.3) is 0 Å². The first-order valence-corrected chi connectivity index (χ1v) is 8.46. The normalized spacial score (nSPS) is 12.4. The quantitative estimate of drug-likeness (QED) is 0.706. The average Bonchev–Trinajstić information content (AvgIpc) is 3.22. The molecule has 1 N–H and O–H groups in total. The number of nitrogens with one attached hydrogen (secondary N) is 1. The number of fused-ring (bicyclic) bond motifs is 1. The van der Waals surface area contributed by atoms with Crippen molar-refractivity contribution in [1.82, 2.24) is 5.32 Å². The van der Waals surface area contributed by atoms with Crippen LogP contribution in [0.2, 0.25) is 0 Å². The van der Waals surface area contributed by atoms with E-state index < -0.39 is 0 Å². The number of rotatable bonds is 7. The molecule has 2 heterocycles. The van der Waals surface area contributed by atoms with Gasteiger partial charge in [-0.3, -0.25) is 4.79 Å². The Morgan fingerprint density at radius 3 is 2.88 bits per heavy atom. The van der Waals surface area contributed by atoms with Crippen molar-refractivity contribution in [3.8, 4) is 0 Å². The maximum Gasteiger partial charge on any atom is 0.224 e. The van der Waals surface area contributed by atoms with Crippen molar-refractivity contribution in [2.45, 2.75) is 45.6 Å². The van der Waals surface area contributed by atoms with Crippen LogP contribution < -0.4 is 5.32 Å². The second-order valence-electron chi connectivity index (χ2n) is 6.21. The van der Waals surface area contributed by atoms with E-state index in [4.69, 9.17) is 8.83 Å². The first kappa shape index (κ1) is 16.4. The van der Waals surface area contributed by atoms with Gasteiger partial charge in [0.2, 0.25) is 5.91 Å². The van der Waals surface area contributed by atoms with Crippen molar-refractivity contribution in [3.63, 3.8) is 0 Å². The highest BCUT2D eigenvalue weighted by Gasteiger charge is 2.13. The summed E-state index contributed by atoms with van der Waals surface area (Å²) in [5.41, 5.74) is 3.02. The van der Waals surface area contributed by atoms with E-state index in [1.807, 2.05) is 31.2 Å². The van der Waals surface area contributed by atoms with Gasteiger partial charge >= 0.3 is 0 Å². The van der Waals surface area contributed by atoms with Crippen molar-refractivity contribution >= 4 is 16.9 Å². The molecule has 126 valence electrons. The van der Waals surface area contributed by atoms with Crippen LogP contribution in [0.3, 0.4) is 0 Å². The highest BCUT2D eigenvalue weighted by atomic mass is 16.3. The third kappa shape index (κ3) is 3.88. The Balaban J connectivity index is 1.56. The van der Waals surface area contributed by atoms with Crippen molar-refractivity contribution in [1.29, 1.82) is 0 Å². The van der Waals surface area contributed by atoms with Crippen LogP contribution in [-0.4, -0.2) is 11.9 Å². The van der Waals surface area contributed by atoms with Gasteiger partial charge in [0, 0.05) is 23.4 Å². The van der Waals surface area contributed by atoms with Crippen molar-refractivity contribution in [2.75, 3.05) is 0 Å². The number of amides is 1. The maximum absolute atomic E-state index is 12.3.